The Labute approximate surface area is 88.9 Å². The van der Waals surface area contributed by atoms with Gasteiger partial charge >= 0.3 is 0 Å². The minimum atomic E-state index is 0.420. The SMILES string of the molecule is C=C1CC(CC=O)=C(c2ccccc2)O1. The van der Waals surface area contributed by atoms with Crippen molar-refractivity contribution in [2.24, 2.45) is 0 Å². The topological polar surface area (TPSA) is 26.3 Å². The number of carbonyl (C=O) groups excluding carboxylic acids is 1. The van der Waals surface area contributed by atoms with Crippen LogP contribution in [0.5, 0.6) is 0 Å². The van der Waals surface area contributed by atoms with Gasteiger partial charge in [0.1, 0.15) is 17.8 Å². The molecule has 1 aromatic rings. The number of rotatable bonds is 3. The van der Waals surface area contributed by atoms with E-state index in [0.29, 0.717) is 18.6 Å². The molecule has 2 heteroatoms. The van der Waals surface area contributed by atoms with Gasteiger partial charge < -0.3 is 9.53 Å². The predicted molar refractivity (Wildman–Crippen MR) is 58.9 cm³/mol. The van der Waals surface area contributed by atoms with E-state index in [1.165, 1.54) is 0 Å². The Morgan fingerprint density at radius 2 is 2.07 bits per heavy atom. The molecular weight excluding hydrogens is 188 g/mol. The van der Waals surface area contributed by atoms with Gasteiger partial charge in [-0.1, -0.05) is 36.9 Å². The summed E-state index contributed by atoms with van der Waals surface area (Å²) in [7, 11) is 0. The van der Waals surface area contributed by atoms with E-state index in [1.54, 1.807) is 0 Å². The van der Waals surface area contributed by atoms with Crippen LogP contribution in [0.15, 0.2) is 48.2 Å². The van der Waals surface area contributed by atoms with Crippen LogP contribution in [0.3, 0.4) is 0 Å². The van der Waals surface area contributed by atoms with Gasteiger partial charge in [-0.3, -0.25) is 0 Å². The van der Waals surface area contributed by atoms with E-state index in [4.69, 9.17) is 4.74 Å². The highest BCUT2D eigenvalue weighted by molar-refractivity contribution is 5.71. The fourth-order valence-corrected chi connectivity index (χ4v) is 1.69. The lowest BCUT2D eigenvalue weighted by Crippen LogP contribution is -1.87. The lowest BCUT2D eigenvalue weighted by atomic mass is 10.1. The lowest BCUT2D eigenvalue weighted by molar-refractivity contribution is -0.107. The first kappa shape index (κ1) is 9.71. The molecule has 0 aromatic heterocycles. The van der Waals surface area contributed by atoms with Crippen molar-refractivity contribution in [2.45, 2.75) is 12.8 Å². The van der Waals surface area contributed by atoms with Gasteiger partial charge in [-0.05, 0) is 5.57 Å². The highest BCUT2D eigenvalue weighted by Gasteiger charge is 2.20. The van der Waals surface area contributed by atoms with E-state index in [0.717, 1.165) is 23.2 Å². The van der Waals surface area contributed by atoms with Gasteiger partial charge in [-0.2, -0.15) is 0 Å². The number of aldehydes is 1. The molecule has 1 aromatic carbocycles. The molecule has 2 rings (SSSR count). The summed E-state index contributed by atoms with van der Waals surface area (Å²) in [5, 5.41) is 0. The molecule has 0 atom stereocenters. The van der Waals surface area contributed by atoms with E-state index in [9.17, 15) is 4.79 Å². The van der Waals surface area contributed by atoms with Crippen LogP contribution in [0.4, 0.5) is 0 Å². The van der Waals surface area contributed by atoms with Gasteiger partial charge in [0.05, 0.1) is 0 Å². The molecule has 0 spiro atoms. The van der Waals surface area contributed by atoms with Gasteiger partial charge in [0.15, 0.2) is 0 Å². The number of allylic oxidation sites excluding steroid dienone is 1. The van der Waals surface area contributed by atoms with Crippen molar-refractivity contribution in [1.29, 1.82) is 0 Å². The molecule has 0 aliphatic carbocycles. The summed E-state index contributed by atoms with van der Waals surface area (Å²) in [6.07, 6.45) is 1.99. The second kappa shape index (κ2) is 4.13. The molecule has 1 aliphatic heterocycles. The van der Waals surface area contributed by atoms with Crippen LogP contribution < -0.4 is 0 Å². The Balaban J connectivity index is 2.37. The maximum absolute atomic E-state index is 10.5. The summed E-state index contributed by atoms with van der Waals surface area (Å²) in [5.74, 6) is 1.51. The number of hydrogen-bond donors (Lipinski definition) is 0. The van der Waals surface area contributed by atoms with Crippen LogP contribution in [0.2, 0.25) is 0 Å². The summed E-state index contributed by atoms with van der Waals surface area (Å²) in [6, 6.07) is 9.79. The Kier molecular flexibility index (Phi) is 2.68. The molecular formula is C13H12O2. The molecule has 1 aliphatic rings. The lowest BCUT2D eigenvalue weighted by Gasteiger charge is -2.04. The first-order valence-electron chi connectivity index (χ1n) is 4.88. The zero-order valence-electron chi connectivity index (χ0n) is 8.40. The highest BCUT2D eigenvalue weighted by Crippen LogP contribution is 2.34. The molecule has 0 amide bonds. The standard InChI is InChI=1S/C13H12O2/c1-10-9-12(7-8-14)13(15-10)11-5-3-2-4-6-11/h2-6,8H,1,7,9H2. The minimum Gasteiger partial charge on any atom is -0.461 e. The van der Waals surface area contributed by atoms with Crippen LogP contribution in [0, 0.1) is 0 Å². The first-order valence-corrected chi connectivity index (χ1v) is 4.88. The smallest absolute Gasteiger partial charge is 0.134 e. The minimum absolute atomic E-state index is 0.420. The third-order valence-electron chi connectivity index (χ3n) is 2.34. The molecule has 15 heavy (non-hydrogen) atoms. The zero-order valence-corrected chi connectivity index (χ0v) is 8.40. The van der Waals surface area contributed by atoms with Crippen molar-refractivity contribution in [3.05, 3.63) is 53.8 Å². The molecule has 0 unspecified atom stereocenters. The molecule has 1 heterocycles. The van der Waals surface area contributed by atoms with E-state index in [2.05, 4.69) is 6.58 Å². The average Bonchev–Trinajstić information content (AvgIpc) is 2.62. The van der Waals surface area contributed by atoms with Crippen LogP contribution in [0.1, 0.15) is 18.4 Å². The van der Waals surface area contributed by atoms with Gasteiger partial charge in [0, 0.05) is 18.4 Å². The average molecular weight is 200 g/mol. The maximum atomic E-state index is 10.5. The van der Waals surface area contributed by atoms with Crippen molar-refractivity contribution in [3.63, 3.8) is 0 Å². The van der Waals surface area contributed by atoms with Crippen LogP contribution in [0.25, 0.3) is 5.76 Å². The maximum Gasteiger partial charge on any atom is 0.134 e. The molecule has 0 fully saturated rings. The van der Waals surface area contributed by atoms with Crippen molar-refractivity contribution in [3.8, 4) is 0 Å². The zero-order chi connectivity index (χ0) is 10.7. The summed E-state index contributed by atoms with van der Waals surface area (Å²) in [4.78, 5) is 10.5. The second-order valence-corrected chi connectivity index (χ2v) is 3.49. The largest absolute Gasteiger partial charge is 0.461 e. The summed E-state index contributed by atoms with van der Waals surface area (Å²) < 4.78 is 5.54. The molecule has 0 saturated heterocycles. The predicted octanol–water partition coefficient (Wildman–Crippen LogP) is 2.92. The summed E-state index contributed by atoms with van der Waals surface area (Å²) in [5.41, 5.74) is 2.02. The first-order chi connectivity index (χ1) is 7.31. The number of hydrogen-bond acceptors (Lipinski definition) is 2. The van der Waals surface area contributed by atoms with Gasteiger partial charge in [-0.15, -0.1) is 0 Å². The van der Waals surface area contributed by atoms with Crippen LogP contribution in [-0.2, 0) is 9.53 Å². The van der Waals surface area contributed by atoms with Gasteiger partial charge in [0.2, 0.25) is 0 Å². The quantitative estimate of drug-likeness (QED) is 0.701. The van der Waals surface area contributed by atoms with Gasteiger partial charge in [0.25, 0.3) is 0 Å². The fraction of sp³-hybridized carbons (Fsp3) is 0.154. The Bertz CT molecular complexity index is 415. The number of benzene rings is 1. The Morgan fingerprint density at radius 3 is 2.73 bits per heavy atom. The molecule has 2 nitrogen and oxygen atoms in total. The molecule has 76 valence electrons. The molecule has 0 radical (unpaired) electrons. The van der Waals surface area contributed by atoms with Crippen molar-refractivity contribution >= 4 is 12.0 Å². The van der Waals surface area contributed by atoms with Gasteiger partial charge in [-0.25, -0.2) is 0 Å². The van der Waals surface area contributed by atoms with E-state index in [1.807, 2.05) is 30.3 Å². The van der Waals surface area contributed by atoms with Crippen molar-refractivity contribution in [1.82, 2.24) is 0 Å². The monoisotopic (exact) mass is 200 g/mol. The number of ether oxygens (including phenoxy) is 1. The van der Waals surface area contributed by atoms with Crippen molar-refractivity contribution < 1.29 is 9.53 Å². The van der Waals surface area contributed by atoms with E-state index in [-0.39, 0.29) is 0 Å². The highest BCUT2D eigenvalue weighted by atomic mass is 16.5. The third kappa shape index (κ3) is 1.99. The molecule has 0 bridgehead atoms. The Hall–Kier alpha value is -1.83. The molecule has 0 saturated carbocycles. The summed E-state index contributed by atoms with van der Waals surface area (Å²) >= 11 is 0. The normalized spacial score (nSPS) is 15.3. The number of carbonyl (C=O) groups is 1. The van der Waals surface area contributed by atoms with Crippen LogP contribution in [-0.4, -0.2) is 6.29 Å². The summed E-state index contributed by atoms with van der Waals surface area (Å²) in [6.45, 7) is 3.78. The fourth-order valence-electron chi connectivity index (χ4n) is 1.69. The van der Waals surface area contributed by atoms with Crippen LogP contribution >= 0.6 is 0 Å². The molecule has 0 N–H and O–H groups in total. The third-order valence-corrected chi connectivity index (χ3v) is 2.34. The second-order valence-electron chi connectivity index (χ2n) is 3.49. The van der Waals surface area contributed by atoms with Crippen molar-refractivity contribution in [2.75, 3.05) is 0 Å². The van der Waals surface area contributed by atoms with E-state index < -0.39 is 0 Å². The Morgan fingerprint density at radius 1 is 1.33 bits per heavy atom. The van der Waals surface area contributed by atoms with E-state index >= 15 is 0 Å².